The van der Waals surface area contributed by atoms with Crippen molar-refractivity contribution in [1.82, 2.24) is 9.88 Å². The van der Waals surface area contributed by atoms with Crippen LogP contribution in [-0.4, -0.2) is 28.9 Å². The lowest BCUT2D eigenvalue weighted by Gasteiger charge is -2.46. The zero-order valence-corrected chi connectivity index (χ0v) is 13.7. The summed E-state index contributed by atoms with van der Waals surface area (Å²) in [4.78, 5) is 18.7. The van der Waals surface area contributed by atoms with Crippen LogP contribution in [0.2, 0.25) is 0 Å². The Morgan fingerprint density at radius 3 is 2.71 bits per heavy atom. The molecule has 0 bridgehead atoms. The van der Waals surface area contributed by atoms with Crippen LogP contribution in [-0.2, 0) is 0 Å². The third kappa shape index (κ3) is 2.75. The molecule has 3 rings (SSSR count). The van der Waals surface area contributed by atoms with Crippen LogP contribution in [0.25, 0.3) is 11.5 Å². The van der Waals surface area contributed by atoms with Crippen molar-refractivity contribution in [3.63, 3.8) is 0 Å². The molecule has 0 aromatic carbocycles. The molecule has 5 heteroatoms. The maximum Gasteiger partial charge on any atom is 0.257 e. The van der Waals surface area contributed by atoms with Crippen molar-refractivity contribution < 1.29 is 9.21 Å². The highest BCUT2D eigenvalue weighted by Crippen LogP contribution is 2.34. The van der Waals surface area contributed by atoms with Gasteiger partial charge in [-0.25, -0.2) is 4.98 Å². The molecule has 0 radical (unpaired) electrons. The van der Waals surface area contributed by atoms with E-state index in [0.717, 1.165) is 23.8 Å². The zero-order chi connectivity index (χ0) is 15.2. The Hall–Kier alpha value is -1.62. The summed E-state index contributed by atoms with van der Waals surface area (Å²) in [6, 6.07) is 1.79. The van der Waals surface area contributed by atoms with Crippen molar-refractivity contribution in [3.8, 4) is 11.5 Å². The fourth-order valence-corrected chi connectivity index (χ4v) is 3.04. The molecule has 1 aliphatic heterocycles. The maximum absolute atomic E-state index is 12.4. The molecule has 0 unspecified atom stereocenters. The minimum absolute atomic E-state index is 0.0532. The van der Waals surface area contributed by atoms with Crippen LogP contribution in [0.1, 0.15) is 36.1 Å². The van der Waals surface area contributed by atoms with Crippen LogP contribution in [0.4, 0.5) is 0 Å². The first-order valence-corrected chi connectivity index (χ1v) is 8.03. The van der Waals surface area contributed by atoms with Crippen molar-refractivity contribution in [2.75, 3.05) is 13.1 Å². The van der Waals surface area contributed by atoms with Gasteiger partial charge >= 0.3 is 0 Å². The van der Waals surface area contributed by atoms with E-state index < -0.39 is 0 Å². The van der Waals surface area contributed by atoms with Gasteiger partial charge in [-0.3, -0.25) is 4.79 Å². The number of thiazole rings is 1. The van der Waals surface area contributed by atoms with Crippen LogP contribution < -0.4 is 0 Å². The van der Waals surface area contributed by atoms with Gasteiger partial charge in [-0.2, -0.15) is 0 Å². The van der Waals surface area contributed by atoms with Crippen molar-refractivity contribution in [2.45, 2.75) is 27.7 Å². The second-order valence-electron chi connectivity index (χ2n) is 6.72. The maximum atomic E-state index is 12.4. The summed E-state index contributed by atoms with van der Waals surface area (Å²) in [5, 5.41) is 2.94. The molecule has 1 saturated heterocycles. The number of aryl methyl sites for hydroxylation is 1. The highest BCUT2D eigenvalue weighted by Gasteiger charge is 2.38. The molecule has 3 heterocycles. The third-order valence-corrected chi connectivity index (χ3v) is 4.88. The molecule has 2 aromatic heterocycles. The fraction of sp³-hybridized carbons (Fsp3) is 0.500. The van der Waals surface area contributed by atoms with E-state index in [2.05, 4.69) is 25.8 Å². The number of nitrogens with zero attached hydrogens (tertiary/aromatic N) is 2. The van der Waals surface area contributed by atoms with Crippen molar-refractivity contribution >= 4 is 17.2 Å². The van der Waals surface area contributed by atoms with E-state index in [0.29, 0.717) is 17.2 Å². The molecule has 1 amide bonds. The minimum Gasteiger partial charge on any atom is -0.462 e. The Morgan fingerprint density at radius 1 is 1.43 bits per heavy atom. The van der Waals surface area contributed by atoms with E-state index in [1.165, 1.54) is 6.26 Å². The van der Waals surface area contributed by atoms with E-state index >= 15 is 0 Å². The number of carbonyl (C=O) groups excluding carboxylic acids is 1. The van der Waals surface area contributed by atoms with Gasteiger partial charge in [0.2, 0.25) is 0 Å². The lowest BCUT2D eigenvalue weighted by Crippen LogP contribution is -2.54. The second kappa shape index (κ2) is 4.98. The number of furan rings is 1. The van der Waals surface area contributed by atoms with Gasteiger partial charge in [0.25, 0.3) is 5.91 Å². The smallest absolute Gasteiger partial charge is 0.257 e. The lowest BCUT2D eigenvalue weighted by molar-refractivity contribution is 0.0210. The number of hydrogen-bond donors (Lipinski definition) is 0. The van der Waals surface area contributed by atoms with Crippen molar-refractivity contribution in [2.24, 2.45) is 11.3 Å². The minimum atomic E-state index is 0.0532. The number of aromatic nitrogens is 1. The van der Waals surface area contributed by atoms with Gasteiger partial charge in [0.1, 0.15) is 12.0 Å². The molecular formula is C16H20N2O2S. The molecule has 1 fully saturated rings. The van der Waals surface area contributed by atoms with Gasteiger partial charge in [-0.1, -0.05) is 20.8 Å². The van der Waals surface area contributed by atoms with Crippen LogP contribution in [0, 0.1) is 18.3 Å². The monoisotopic (exact) mass is 304 g/mol. The van der Waals surface area contributed by atoms with Gasteiger partial charge in [0.15, 0.2) is 5.76 Å². The molecule has 4 nitrogen and oxygen atoms in total. The highest BCUT2D eigenvalue weighted by atomic mass is 32.1. The fourth-order valence-electron chi connectivity index (χ4n) is 2.43. The van der Waals surface area contributed by atoms with Gasteiger partial charge in [0, 0.05) is 18.5 Å². The zero-order valence-electron chi connectivity index (χ0n) is 12.8. The second-order valence-corrected chi connectivity index (χ2v) is 7.79. The highest BCUT2D eigenvalue weighted by molar-refractivity contribution is 7.09. The van der Waals surface area contributed by atoms with E-state index in [-0.39, 0.29) is 11.3 Å². The predicted octanol–water partition coefficient (Wildman–Crippen LogP) is 3.83. The molecule has 112 valence electrons. The van der Waals surface area contributed by atoms with Crippen LogP contribution in [0.3, 0.4) is 0 Å². The van der Waals surface area contributed by atoms with Crippen molar-refractivity contribution in [3.05, 3.63) is 28.3 Å². The first-order chi connectivity index (χ1) is 9.84. The van der Waals surface area contributed by atoms with Crippen LogP contribution in [0.15, 0.2) is 22.1 Å². The number of carbonyl (C=O) groups is 1. The van der Waals surface area contributed by atoms with Gasteiger partial charge < -0.3 is 9.32 Å². The number of likely N-dealkylation sites (tertiary alicyclic amines) is 1. The SMILES string of the molecule is Cc1nc(-c2cc(C(=O)N3CC(C(C)(C)C)C3)co2)cs1. The Kier molecular flexibility index (Phi) is 3.40. The Labute approximate surface area is 128 Å². The molecular weight excluding hydrogens is 284 g/mol. The quantitative estimate of drug-likeness (QED) is 0.847. The summed E-state index contributed by atoms with van der Waals surface area (Å²) in [5.74, 6) is 1.29. The Morgan fingerprint density at radius 2 is 2.14 bits per heavy atom. The van der Waals surface area contributed by atoms with E-state index in [1.807, 2.05) is 17.2 Å². The van der Waals surface area contributed by atoms with E-state index in [4.69, 9.17) is 4.42 Å². The molecule has 0 atom stereocenters. The summed E-state index contributed by atoms with van der Waals surface area (Å²) < 4.78 is 5.49. The summed E-state index contributed by atoms with van der Waals surface area (Å²) in [6.45, 7) is 10.3. The summed E-state index contributed by atoms with van der Waals surface area (Å²) >= 11 is 1.58. The predicted molar refractivity (Wildman–Crippen MR) is 83.4 cm³/mol. The van der Waals surface area contributed by atoms with Crippen LogP contribution >= 0.6 is 11.3 Å². The molecule has 1 aliphatic rings. The van der Waals surface area contributed by atoms with E-state index in [1.54, 1.807) is 17.4 Å². The largest absolute Gasteiger partial charge is 0.462 e. The summed E-state index contributed by atoms with van der Waals surface area (Å²) in [5.41, 5.74) is 1.67. The number of amides is 1. The molecule has 2 aromatic rings. The Balaban J connectivity index is 1.69. The molecule has 0 aliphatic carbocycles. The summed E-state index contributed by atoms with van der Waals surface area (Å²) in [7, 11) is 0. The molecule has 21 heavy (non-hydrogen) atoms. The Bertz CT molecular complexity index is 660. The average Bonchev–Trinajstić information content (AvgIpc) is 2.92. The number of rotatable bonds is 2. The average molecular weight is 304 g/mol. The van der Waals surface area contributed by atoms with Gasteiger partial charge in [-0.15, -0.1) is 11.3 Å². The third-order valence-electron chi connectivity index (χ3n) is 4.11. The molecule has 0 N–H and O–H groups in total. The van der Waals surface area contributed by atoms with Gasteiger partial charge in [-0.05, 0) is 24.3 Å². The molecule has 0 saturated carbocycles. The topological polar surface area (TPSA) is 46.3 Å². The normalized spacial score (nSPS) is 16.1. The molecule has 0 spiro atoms. The first kappa shape index (κ1) is 14.3. The summed E-state index contributed by atoms with van der Waals surface area (Å²) in [6.07, 6.45) is 1.54. The first-order valence-electron chi connectivity index (χ1n) is 7.15. The van der Waals surface area contributed by atoms with Gasteiger partial charge in [0.05, 0.1) is 10.6 Å². The van der Waals surface area contributed by atoms with Crippen molar-refractivity contribution in [1.29, 1.82) is 0 Å². The van der Waals surface area contributed by atoms with Crippen LogP contribution in [0.5, 0.6) is 0 Å². The van der Waals surface area contributed by atoms with E-state index in [9.17, 15) is 4.79 Å². The standard InChI is InChI=1S/C16H20N2O2S/c1-10-17-13(9-21-10)14-5-11(8-20-14)15(19)18-6-12(7-18)16(2,3)4/h5,8-9,12H,6-7H2,1-4H3. The lowest BCUT2D eigenvalue weighted by atomic mass is 9.76. The number of hydrogen-bond acceptors (Lipinski definition) is 4.